The van der Waals surface area contributed by atoms with E-state index in [2.05, 4.69) is 40.5 Å². The van der Waals surface area contributed by atoms with Gasteiger partial charge in [-0.25, -0.2) is 38.7 Å². The van der Waals surface area contributed by atoms with Crippen LogP contribution in [0.4, 0.5) is 30.5 Å². The van der Waals surface area contributed by atoms with Crippen LogP contribution in [0.25, 0.3) is 22.3 Å². The number of halogens is 1. The number of ketones is 2. The first-order valence-electron chi connectivity index (χ1n) is 29.0. The molecule has 0 spiro atoms. The number of alkyl halides is 1. The number of likely N-dealkylation sites (N-methyl/N-ethyl adjacent to an activating group) is 1. The number of hydrogen-bond acceptors (Lipinski definition) is 27. The van der Waals surface area contributed by atoms with Crippen LogP contribution in [-0.2, 0) is 102 Å². The second-order valence-corrected chi connectivity index (χ2v) is 28.1. The van der Waals surface area contributed by atoms with Gasteiger partial charge in [-0.05, 0) is 53.5 Å². The fourth-order valence-electron chi connectivity index (χ4n) is 10.6. The first-order valence-corrected chi connectivity index (χ1v) is 34.2. The number of rotatable bonds is 23. The van der Waals surface area contributed by atoms with Crippen molar-refractivity contribution in [2.24, 2.45) is 23.5 Å². The minimum absolute atomic E-state index is 0.0367. The van der Waals surface area contributed by atoms with E-state index in [1.807, 2.05) is 0 Å². The Bertz CT molecular complexity index is 3810. The molecule has 6 amide bonds. The van der Waals surface area contributed by atoms with Gasteiger partial charge >= 0.3 is 31.7 Å². The fraction of sp³-hybridized carbons (Fsp3) is 0.547. The average Bonchev–Trinajstić information content (AvgIpc) is 1.62. The molecule has 4 aromatic heterocycles. The van der Waals surface area contributed by atoms with Gasteiger partial charge in [0.15, 0.2) is 53.1 Å². The molecule has 9 rings (SSSR count). The molecule has 35 nitrogen and oxygen atoms in total. The van der Waals surface area contributed by atoms with E-state index in [0.29, 0.717) is 11.1 Å². The molecule has 4 fully saturated rings. The Kier molecular flexibility index (Phi) is 22.3. The molecule has 13 atom stereocenters. The molecule has 40 heteroatoms. The molecule has 1 aromatic carbocycles. The summed E-state index contributed by atoms with van der Waals surface area (Å²) in [5.74, 6) is -3.94. The number of carbonyl (C=O) groups excluding carboxylic acids is 8. The summed E-state index contributed by atoms with van der Waals surface area (Å²) in [6.07, 6.45) is -12.2. The number of primary amides is 1. The first kappa shape index (κ1) is 69.7. The van der Waals surface area contributed by atoms with Crippen molar-refractivity contribution in [2.75, 3.05) is 58.0 Å². The van der Waals surface area contributed by atoms with Crippen LogP contribution < -0.4 is 33.4 Å². The molecule has 4 aliphatic rings. The van der Waals surface area contributed by atoms with Crippen molar-refractivity contribution in [2.45, 2.75) is 121 Å². The Morgan fingerprint density at radius 1 is 0.892 bits per heavy atom. The lowest BCUT2D eigenvalue weighted by molar-refractivity contribution is -0.140. The SMILES string of the molecule is CC1CC(=O)N(CCC(=O)C[C@H](C(=O)N[C@@H](CCCNC(N)=O)C(=O)Cc2ccc(COC(=O)N(C)CCOC(=O)O[C@@H]3[C@@H]4OP(O)(=S)OC[C@H]5O[C@@H](n6cnc7c(=O)[nH]c(N)nc76)[C@H](F)[C@@H]5OP(O)(=S)OC[C@H]4O[C@H]3n3cnc4c(N)ncnc43)cc2)C(C)C)C1=O. The number of imide groups is 1. The highest BCUT2D eigenvalue weighted by Gasteiger charge is 2.55. The molecule has 0 bridgehead atoms. The van der Waals surface area contributed by atoms with Crippen molar-refractivity contribution in [3.05, 3.63) is 64.7 Å². The Labute approximate surface area is 537 Å². The van der Waals surface area contributed by atoms with E-state index < -0.39 is 130 Å². The van der Waals surface area contributed by atoms with Gasteiger partial charge in [-0.15, -0.1) is 0 Å². The second kappa shape index (κ2) is 29.8. The molecular weight excluding hydrogens is 1310 g/mol. The van der Waals surface area contributed by atoms with Gasteiger partial charge in [0.2, 0.25) is 23.7 Å². The lowest BCUT2D eigenvalue weighted by Crippen LogP contribution is -2.46. The van der Waals surface area contributed by atoms with Crippen molar-refractivity contribution < 1.29 is 94.3 Å². The quantitative estimate of drug-likeness (QED) is 0.0198. The highest BCUT2D eigenvalue weighted by atomic mass is 32.5. The second-order valence-electron chi connectivity index (χ2n) is 22.5. The van der Waals surface area contributed by atoms with Crippen molar-refractivity contribution in [1.82, 2.24) is 59.5 Å². The van der Waals surface area contributed by atoms with E-state index >= 15 is 4.39 Å². The lowest BCUT2D eigenvalue weighted by atomic mass is 9.88. The lowest BCUT2D eigenvalue weighted by Gasteiger charge is -2.30. The number of imidazole rings is 2. The number of nitrogens with one attached hydrogen (secondary N) is 3. The highest BCUT2D eigenvalue weighted by molar-refractivity contribution is 8.07. The smallest absolute Gasteiger partial charge is 0.445 e. The molecule has 4 saturated heterocycles. The maximum absolute atomic E-state index is 16.5. The molecule has 5 aromatic rings. The summed E-state index contributed by atoms with van der Waals surface area (Å²) in [6.45, 7) is -6.36. The molecule has 3 unspecified atom stereocenters. The van der Waals surface area contributed by atoms with Crippen LogP contribution in [0.1, 0.15) is 76.5 Å². The Balaban J connectivity index is 0.799. The van der Waals surface area contributed by atoms with Gasteiger partial charge in [0.1, 0.15) is 55.3 Å². The average molecular weight is 1380 g/mol. The minimum Gasteiger partial charge on any atom is -0.445 e. The Morgan fingerprint density at radius 3 is 2.20 bits per heavy atom. The summed E-state index contributed by atoms with van der Waals surface area (Å²) in [4.78, 5) is 164. The zero-order valence-electron chi connectivity index (χ0n) is 50.3. The zero-order chi connectivity index (χ0) is 67.2. The standard InChI is InChI=1S/C53H68FN15O20P2S2/c1-25(2)30(18-29(70)11-13-67-35(72)16-26(3)47(67)75)45(73)63-31(6-5-12-58-51(57)76)32(71)17-27-7-9-28(10-8-27)19-82-52(77)66(4)14-15-81-53(78)87-41-40-34(86-49(41)68-23-61-37-42(55)59-22-60-43(37)68)21-84-90(79,92)88-39-33(20-83-91(80,93)89-40)85-48(36(39)54)69-24-62-38-44(69)64-50(56)65-46(38)74/h7-10,22-26,30-31,33-34,36,39-41,48-49H,5-6,11-21H2,1-4H3,(H,63,73)(H,79,92)(H,80,93)(H2,55,59,60)(H3,57,58,76)(H3,56,64,65,74)/t26?,30-,31-,33+,34+,36+,39+,40+,41+,48+,49+,90?,91?/m0/s1. The van der Waals surface area contributed by atoms with Crippen LogP contribution in [0, 0.1) is 17.8 Å². The number of Topliss-reactive ketones (excluding diaryl/α,β-unsaturated/α-hetero) is 2. The zero-order valence-corrected chi connectivity index (χ0v) is 53.7. The van der Waals surface area contributed by atoms with Crippen LogP contribution in [0.5, 0.6) is 0 Å². The molecule has 93 heavy (non-hydrogen) atoms. The minimum atomic E-state index is -4.55. The monoisotopic (exact) mass is 1380 g/mol. The maximum Gasteiger partial charge on any atom is 0.508 e. The van der Waals surface area contributed by atoms with Crippen LogP contribution in [0.15, 0.2) is 48.0 Å². The third kappa shape index (κ3) is 17.0. The van der Waals surface area contributed by atoms with Crippen molar-refractivity contribution in [3.8, 4) is 0 Å². The van der Waals surface area contributed by atoms with Gasteiger partial charge in [0.05, 0.1) is 38.5 Å². The number of nitrogens with zero attached hydrogens (tertiary/aromatic N) is 9. The van der Waals surface area contributed by atoms with E-state index in [4.69, 9.17) is 82.6 Å². The number of H-pyrrole nitrogens is 1. The number of anilines is 2. The number of nitrogen functional groups attached to an aromatic ring is 2. The van der Waals surface area contributed by atoms with Gasteiger partial charge in [0, 0.05) is 57.7 Å². The summed E-state index contributed by atoms with van der Waals surface area (Å²) >= 11 is 10.8. The van der Waals surface area contributed by atoms with Gasteiger partial charge in [-0.2, -0.15) is 4.98 Å². The number of benzene rings is 1. The topological polar surface area (TPSA) is 476 Å². The summed E-state index contributed by atoms with van der Waals surface area (Å²) in [5.41, 5.74) is 17.2. The molecule has 0 aliphatic carbocycles. The first-order chi connectivity index (χ1) is 44.1. The molecule has 0 saturated carbocycles. The van der Waals surface area contributed by atoms with E-state index in [1.54, 1.807) is 45.0 Å². The van der Waals surface area contributed by atoms with E-state index in [9.17, 15) is 52.9 Å². The molecule has 4 aliphatic heterocycles. The maximum atomic E-state index is 16.5. The molecule has 0 radical (unpaired) electrons. The number of nitrogens with two attached hydrogens (primary N) is 3. The summed E-state index contributed by atoms with van der Waals surface area (Å²) in [7, 11) is 1.36. The van der Waals surface area contributed by atoms with E-state index in [0.717, 1.165) is 27.0 Å². The van der Waals surface area contributed by atoms with E-state index in [1.165, 1.54) is 17.9 Å². The van der Waals surface area contributed by atoms with Gasteiger partial charge in [-0.3, -0.25) is 56.8 Å². The third-order valence-electron chi connectivity index (χ3n) is 15.6. The number of urea groups is 1. The largest absolute Gasteiger partial charge is 0.508 e. The number of hydrogen-bond donors (Lipinski definition) is 8. The highest BCUT2D eigenvalue weighted by Crippen LogP contribution is 2.55. The fourth-order valence-corrected chi connectivity index (χ4v) is 13.5. The predicted molar refractivity (Wildman–Crippen MR) is 326 cm³/mol. The Morgan fingerprint density at radius 2 is 1.54 bits per heavy atom. The number of carbonyl (C=O) groups is 8. The normalized spacial score (nSPS) is 26.4. The van der Waals surface area contributed by atoms with Crippen molar-refractivity contribution >= 4 is 119 Å². The predicted octanol–water partition coefficient (Wildman–Crippen LogP) is 1.36. The molecule has 8 heterocycles. The summed E-state index contributed by atoms with van der Waals surface area (Å²) in [5, 5.41) is 5.25. The Hall–Kier alpha value is -7.61. The molecule has 504 valence electrons. The summed E-state index contributed by atoms with van der Waals surface area (Å²) in [6, 6.07) is 4.71. The van der Waals surface area contributed by atoms with Crippen molar-refractivity contribution in [1.29, 1.82) is 0 Å². The third-order valence-corrected chi connectivity index (χ3v) is 18.7. The van der Waals surface area contributed by atoms with Gasteiger partial charge in [0.25, 0.3) is 5.56 Å². The van der Waals surface area contributed by atoms with Gasteiger partial charge < -0.3 is 75.3 Å². The van der Waals surface area contributed by atoms with Gasteiger partial charge in [-0.1, -0.05) is 45.0 Å². The number of likely N-dealkylation sites (tertiary alicyclic amines) is 1. The van der Waals surface area contributed by atoms with Crippen molar-refractivity contribution in [3.63, 3.8) is 0 Å². The molecular formula is C53H68FN15O20P2S2. The number of aromatic nitrogens is 8. The number of aromatic amines is 1. The van der Waals surface area contributed by atoms with Crippen LogP contribution in [0.3, 0.4) is 0 Å². The number of ether oxygens (including phenoxy) is 5. The molecule has 11 N–H and O–H groups in total. The van der Waals surface area contributed by atoms with Crippen LogP contribution in [-0.4, -0.2) is 195 Å². The number of fused-ring (bicyclic) bond motifs is 4. The number of amides is 6. The summed E-state index contributed by atoms with van der Waals surface area (Å²) < 4.78 is 71.0. The van der Waals surface area contributed by atoms with Crippen LogP contribution >= 0.6 is 13.4 Å². The van der Waals surface area contributed by atoms with E-state index in [-0.39, 0.29) is 128 Å². The van der Waals surface area contributed by atoms with Crippen LogP contribution in [0.2, 0.25) is 0 Å².